The third-order valence-electron chi connectivity index (χ3n) is 4.16. The summed E-state index contributed by atoms with van der Waals surface area (Å²) in [6, 6.07) is 12.0. The van der Waals surface area contributed by atoms with Crippen molar-refractivity contribution in [2.45, 2.75) is 12.8 Å². The SMILES string of the molecule is O=C(c1onc2ncccc12)N1CCc2ccccc2CC1. The predicted molar refractivity (Wildman–Crippen MR) is 81.6 cm³/mol. The van der Waals surface area contributed by atoms with E-state index in [-0.39, 0.29) is 11.7 Å². The highest BCUT2D eigenvalue weighted by molar-refractivity contribution is 6.02. The molecule has 0 N–H and O–H groups in total. The molecular weight excluding hydrogens is 278 g/mol. The summed E-state index contributed by atoms with van der Waals surface area (Å²) in [7, 11) is 0. The van der Waals surface area contributed by atoms with Gasteiger partial charge in [0.05, 0.1) is 5.39 Å². The fourth-order valence-electron chi connectivity index (χ4n) is 2.95. The van der Waals surface area contributed by atoms with Gasteiger partial charge in [0.1, 0.15) is 0 Å². The second kappa shape index (κ2) is 5.26. The van der Waals surface area contributed by atoms with Crippen LogP contribution in [0.4, 0.5) is 0 Å². The number of carbonyl (C=O) groups is 1. The molecule has 1 aromatic carbocycles. The average Bonchev–Trinajstić information content (AvgIpc) is 2.87. The van der Waals surface area contributed by atoms with Crippen LogP contribution in [0, 0.1) is 0 Å². The Morgan fingerprint density at radius 3 is 2.50 bits per heavy atom. The minimum absolute atomic E-state index is 0.108. The lowest BCUT2D eigenvalue weighted by atomic mass is 10.0. The molecule has 0 spiro atoms. The number of hydrogen-bond donors (Lipinski definition) is 0. The fraction of sp³-hybridized carbons (Fsp3) is 0.235. The molecule has 110 valence electrons. The van der Waals surface area contributed by atoms with Crippen LogP contribution >= 0.6 is 0 Å². The number of benzene rings is 1. The molecule has 0 saturated heterocycles. The van der Waals surface area contributed by atoms with Gasteiger partial charge in [0.2, 0.25) is 11.4 Å². The van der Waals surface area contributed by atoms with Crippen molar-refractivity contribution in [3.63, 3.8) is 0 Å². The molecule has 0 fully saturated rings. The standard InChI is InChI=1S/C17H15N3O2/c21-17(15-14-6-3-9-18-16(14)19-22-15)20-10-7-12-4-1-2-5-13(12)8-11-20/h1-6,9H,7-8,10-11H2. The lowest BCUT2D eigenvalue weighted by Gasteiger charge is -2.18. The number of pyridine rings is 1. The first-order chi connectivity index (χ1) is 10.8. The van der Waals surface area contributed by atoms with E-state index in [1.807, 2.05) is 23.1 Å². The third kappa shape index (κ3) is 2.15. The lowest BCUT2D eigenvalue weighted by Crippen LogP contribution is -2.33. The molecule has 0 saturated carbocycles. The molecule has 2 aromatic heterocycles. The van der Waals surface area contributed by atoms with E-state index in [9.17, 15) is 4.79 Å². The summed E-state index contributed by atoms with van der Waals surface area (Å²) in [6.45, 7) is 1.39. The van der Waals surface area contributed by atoms with Gasteiger partial charge in [-0.15, -0.1) is 0 Å². The van der Waals surface area contributed by atoms with Crippen molar-refractivity contribution in [1.82, 2.24) is 15.0 Å². The van der Waals surface area contributed by atoms with E-state index in [1.165, 1.54) is 11.1 Å². The smallest absolute Gasteiger partial charge is 0.293 e. The molecule has 1 aliphatic rings. The van der Waals surface area contributed by atoms with Crippen LogP contribution < -0.4 is 0 Å². The number of carbonyl (C=O) groups excluding carboxylic acids is 1. The van der Waals surface area contributed by atoms with E-state index >= 15 is 0 Å². The first kappa shape index (κ1) is 13.0. The highest BCUT2D eigenvalue weighted by Crippen LogP contribution is 2.21. The van der Waals surface area contributed by atoms with Gasteiger partial charge in [-0.3, -0.25) is 4.79 Å². The number of nitrogens with zero attached hydrogens (tertiary/aromatic N) is 3. The quantitative estimate of drug-likeness (QED) is 0.691. The Kier molecular flexibility index (Phi) is 3.11. The zero-order valence-corrected chi connectivity index (χ0v) is 12.0. The molecule has 22 heavy (non-hydrogen) atoms. The first-order valence-corrected chi connectivity index (χ1v) is 7.39. The molecule has 5 heteroatoms. The molecular formula is C17H15N3O2. The van der Waals surface area contributed by atoms with Crippen LogP contribution in [0.25, 0.3) is 11.0 Å². The number of fused-ring (bicyclic) bond motifs is 2. The topological polar surface area (TPSA) is 59.2 Å². The van der Waals surface area contributed by atoms with E-state index in [4.69, 9.17) is 4.52 Å². The molecule has 3 aromatic rings. The lowest BCUT2D eigenvalue weighted by molar-refractivity contribution is 0.0724. The van der Waals surface area contributed by atoms with Gasteiger partial charge in [-0.05, 0) is 36.1 Å². The minimum atomic E-state index is -0.108. The summed E-state index contributed by atoms with van der Waals surface area (Å²) >= 11 is 0. The molecule has 1 aliphatic heterocycles. The highest BCUT2D eigenvalue weighted by Gasteiger charge is 2.24. The number of rotatable bonds is 1. The minimum Gasteiger partial charge on any atom is -0.348 e. The Bertz CT molecular complexity index is 814. The average molecular weight is 293 g/mol. The Morgan fingerprint density at radius 2 is 1.77 bits per heavy atom. The summed E-state index contributed by atoms with van der Waals surface area (Å²) in [5, 5.41) is 4.54. The van der Waals surface area contributed by atoms with Crippen molar-refractivity contribution in [3.8, 4) is 0 Å². The predicted octanol–water partition coefficient (Wildman–Crippen LogP) is 2.46. The van der Waals surface area contributed by atoms with Crippen LogP contribution in [0.2, 0.25) is 0 Å². The van der Waals surface area contributed by atoms with Crippen molar-refractivity contribution in [1.29, 1.82) is 0 Å². The molecule has 1 amide bonds. The summed E-state index contributed by atoms with van der Waals surface area (Å²) in [5.74, 6) is 0.178. The van der Waals surface area contributed by atoms with E-state index in [1.54, 1.807) is 12.3 Å². The number of aromatic nitrogens is 2. The van der Waals surface area contributed by atoms with Gasteiger partial charge in [-0.25, -0.2) is 4.98 Å². The molecule has 0 aliphatic carbocycles. The summed E-state index contributed by atoms with van der Waals surface area (Å²) < 4.78 is 5.24. The van der Waals surface area contributed by atoms with Crippen LogP contribution in [0.3, 0.4) is 0 Å². The van der Waals surface area contributed by atoms with Crippen molar-refractivity contribution >= 4 is 16.9 Å². The summed E-state index contributed by atoms with van der Waals surface area (Å²) in [4.78, 5) is 18.7. The van der Waals surface area contributed by atoms with Crippen molar-refractivity contribution in [3.05, 3.63) is 59.5 Å². The molecule has 0 radical (unpaired) electrons. The zero-order chi connectivity index (χ0) is 14.9. The van der Waals surface area contributed by atoms with Crippen molar-refractivity contribution < 1.29 is 9.32 Å². The maximum Gasteiger partial charge on any atom is 0.293 e. The first-order valence-electron chi connectivity index (χ1n) is 7.39. The Labute approximate surface area is 127 Å². The molecule has 0 unspecified atom stereocenters. The van der Waals surface area contributed by atoms with Crippen LogP contribution in [-0.2, 0) is 12.8 Å². The molecule has 0 bridgehead atoms. The van der Waals surface area contributed by atoms with Gasteiger partial charge < -0.3 is 9.42 Å². The summed E-state index contributed by atoms with van der Waals surface area (Å²) in [6.07, 6.45) is 3.38. The second-order valence-corrected chi connectivity index (χ2v) is 5.45. The molecule has 5 nitrogen and oxygen atoms in total. The van der Waals surface area contributed by atoms with E-state index in [2.05, 4.69) is 22.3 Å². The molecule has 0 atom stereocenters. The number of hydrogen-bond acceptors (Lipinski definition) is 4. The molecule has 4 rings (SSSR count). The second-order valence-electron chi connectivity index (χ2n) is 5.45. The van der Waals surface area contributed by atoms with Crippen LogP contribution in [0.5, 0.6) is 0 Å². The zero-order valence-electron chi connectivity index (χ0n) is 12.0. The summed E-state index contributed by atoms with van der Waals surface area (Å²) in [5.41, 5.74) is 3.12. The van der Waals surface area contributed by atoms with Gasteiger partial charge in [0.15, 0.2) is 0 Å². The largest absolute Gasteiger partial charge is 0.348 e. The Balaban J connectivity index is 1.62. The van der Waals surface area contributed by atoms with Crippen LogP contribution in [0.1, 0.15) is 21.7 Å². The molecule has 3 heterocycles. The van der Waals surface area contributed by atoms with E-state index in [0.717, 1.165) is 12.8 Å². The van der Waals surface area contributed by atoms with Gasteiger partial charge in [0.25, 0.3) is 5.91 Å². The van der Waals surface area contributed by atoms with E-state index in [0.29, 0.717) is 24.1 Å². The highest BCUT2D eigenvalue weighted by atomic mass is 16.5. The monoisotopic (exact) mass is 293 g/mol. The van der Waals surface area contributed by atoms with Gasteiger partial charge in [0, 0.05) is 19.3 Å². The third-order valence-corrected chi connectivity index (χ3v) is 4.16. The van der Waals surface area contributed by atoms with Crippen LogP contribution in [0.15, 0.2) is 47.1 Å². The van der Waals surface area contributed by atoms with Gasteiger partial charge in [-0.1, -0.05) is 29.4 Å². The van der Waals surface area contributed by atoms with Crippen molar-refractivity contribution in [2.75, 3.05) is 13.1 Å². The maximum absolute atomic E-state index is 12.7. The van der Waals surface area contributed by atoms with E-state index < -0.39 is 0 Å². The van der Waals surface area contributed by atoms with Crippen LogP contribution in [-0.4, -0.2) is 34.0 Å². The Hall–Kier alpha value is -2.69. The Morgan fingerprint density at radius 1 is 1.05 bits per heavy atom. The normalized spacial score (nSPS) is 14.6. The number of amides is 1. The fourth-order valence-corrected chi connectivity index (χ4v) is 2.95. The maximum atomic E-state index is 12.7. The van der Waals surface area contributed by atoms with Gasteiger partial charge >= 0.3 is 0 Å². The van der Waals surface area contributed by atoms with Gasteiger partial charge in [-0.2, -0.15) is 0 Å². The van der Waals surface area contributed by atoms with Crippen molar-refractivity contribution in [2.24, 2.45) is 0 Å².